The number of hydrogen-bond donors (Lipinski definition) is 0. The molecule has 4 nitrogen and oxygen atoms in total. The number of benzene rings is 1. The molecule has 0 bridgehead atoms. The molecule has 2 aromatic heterocycles. The SMILES string of the molecule is COc1cc(C#N)nc2c3ccccc3n(C)c12. The number of nitriles is 1. The van der Waals surface area contributed by atoms with E-state index in [9.17, 15) is 0 Å². The van der Waals surface area contributed by atoms with Crippen LogP contribution >= 0.6 is 0 Å². The first-order valence-electron chi connectivity index (χ1n) is 5.58. The number of para-hydroxylation sites is 1. The predicted molar refractivity (Wildman–Crippen MR) is 69.5 cm³/mol. The van der Waals surface area contributed by atoms with Gasteiger partial charge in [0.1, 0.15) is 28.5 Å². The highest BCUT2D eigenvalue weighted by atomic mass is 16.5. The second-order valence-corrected chi connectivity index (χ2v) is 4.09. The van der Waals surface area contributed by atoms with E-state index < -0.39 is 0 Å². The number of hydrogen-bond acceptors (Lipinski definition) is 3. The van der Waals surface area contributed by atoms with Crippen LogP contribution in [0.15, 0.2) is 30.3 Å². The number of pyridine rings is 1. The lowest BCUT2D eigenvalue weighted by molar-refractivity contribution is 0.417. The molecular weight excluding hydrogens is 226 g/mol. The lowest BCUT2D eigenvalue weighted by Crippen LogP contribution is -1.94. The van der Waals surface area contributed by atoms with Crippen molar-refractivity contribution in [2.75, 3.05) is 7.11 Å². The fourth-order valence-corrected chi connectivity index (χ4v) is 2.33. The summed E-state index contributed by atoms with van der Waals surface area (Å²) in [6.45, 7) is 0. The van der Waals surface area contributed by atoms with Gasteiger partial charge in [-0.3, -0.25) is 0 Å². The third-order valence-corrected chi connectivity index (χ3v) is 3.15. The molecule has 3 aromatic rings. The Morgan fingerprint density at radius 3 is 2.83 bits per heavy atom. The maximum Gasteiger partial charge on any atom is 0.147 e. The van der Waals surface area contributed by atoms with Gasteiger partial charge in [0.15, 0.2) is 0 Å². The highest BCUT2D eigenvalue weighted by Crippen LogP contribution is 2.32. The Balaban J connectivity index is 2.60. The van der Waals surface area contributed by atoms with E-state index >= 15 is 0 Å². The van der Waals surface area contributed by atoms with Gasteiger partial charge in [0, 0.05) is 18.5 Å². The summed E-state index contributed by atoms with van der Waals surface area (Å²) in [5, 5.41) is 10.1. The first-order chi connectivity index (χ1) is 8.76. The molecule has 1 aromatic carbocycles. The molecule has 0 amide bonds. The van der Waals surface area contributed by atoms with Crippen molar-refractivity contribution >= 4 is 21.9 Å². The number of rotatable bonds is 1. The molecule has 0 N–H and O–H groups in total. The van der Waals surface area contributed by atoms with Crippen molar-refractivity contribution in [1.82, 2.24) is 9.55 Å². The van der Waals surface area contributed by atoms with E-state index in [1.165, 1.54) is 0 Å². The quantitative estimate of drug-likeness (QED) is 0.653. The summed E-state index contributed by atoms with van der Waals surface area (Å²) in [6.07, 6.45) is 0. The standard InChI is InChI=1S/C14H11N3O/c1-17-11-6-4-3-5-10(11)13-14(17)12(18-2)7-9(8-15)16-13/h3-7H,1-2H3. The van der Waals surface area contributed by atoms with Gasteiger partial charge in [0.25, 0.3) is 0 Å². The second kappa shape index (κ2) is 3.74. The molecule has 4 heteroatoms. The fraction of sp³-hybridized carbons (Fsp3) is 0.143. The Kier molecular flexibility index (Phi) is 2.20. The normalized spacial score (nSPS) is 10.7. The number of methoxy groups -OCH3 is 1. The second-order valence-electron chi connectivity index (χ2n) is 4.09. The van der Waals surface area contributed by atoms with E-state index in [1.807, 2.05) is 35.9 Å². The molecule has 2 heterocycles. The Morgan fingerprint density at radius 2 is 2.11 bits per heavy atom. The van der Waals surface area contributed by atoms with Gasteiger partial charge in [0.2, 0.25) is 0 Å². The Labute approximate surface area is 104 Å². The summed E-state index contributed by atoms with van der Waals surface area (Å²) in [6, 6.07) is 11.7. The molecule has 0 atom stereocenters. The number of nitrogens with zero attached hydrogens (tertiary/aromatic N) is 3. The van der Waals surface area contributed by atoms with Crippen LogP contribution in [0, 0.1) is 11.3 Å². The van der Waals surface area contributed by atoms with Crippen molar-refractivity contribution in [2.45, 2.75) is 0 Å². The van der Waals surface area contributed by atoms with Gasteiger partial charge in [-0.05, 0) is 6.07 Å². The minimum absolute atomic E-state index is 0.371. The average Bonchev–Trinajstić information content (AvgIpc) is 2.72. The summed E-state index contributed by atoms with van der Waals surface area (Å²) in [4.78, 5) is 4.39. The zero-order valence-electron chi connectivity index (χ0n) is 10.1. The molecule has 0 radical (unpaired) electrons. The Hall–Kier alpha value is -2.54. The zero-order valence-corrected chi connectivity index (χ0v) is 10.1. The summed E-state index contributed by atoms with van der Waals surface area (Å²) in [7, 11) is 3.58. The lowest BCUT2D eigenvalue weighted by atomic mass is 10.2. The van der Waals surface area contributed by atoms with E-state index in [0.29, 0.717) is 11.4 Å². The van der Waals surface area contributed by atoms with Crippen molar-refractivity contribution in [2.24, 2.45) is 7.05 Å². The van der Waals surface area contributed by atoms with Crippen LogP contribution in [-0.4, -0.2) is 16.7 Å². The predicted octanol–water partition coefficient (Wildman–Crippen LogP) is 2.61. The van der Waals surface area contributed by atoms with Crippen molar-refractivity contribution in [3.8, 4) is 11.8 Å². The van der Waals surface area contributed by atoms with Crippen LogP contribution in [0.5, 0.6) is 5.75 Å². The van der Waals surface area contributed by atoms with Crippen LogP contribution in [-0.2, 0) is 7.05 Å². The molecule has 0 aliphatic heterocycles. The number of fused-ring (bicyclic) bond motifs is 3. The Morgan fingerprint density at radius 1 is 1.33 bits per heavy atom. The van der Waals surface area contributed by atoms with Gasteiger partial charge in [-0.15, -0.1) is 0 Å². The van der Waals surface area contributed by atoms with E-state index in [2.05, 4.69) is 11.1 Å². The zero-order chi connectivity index (χ0) is 12.7. The van der Waals surface area contributed by atoms with Crippen molar-refractivity contribution in [3.63, 3.8) is 0 Å². The van der Waals surface area contributed by atoms with Crippen LogP contribution in [0.1, 0.15) is 5.69 Å². The molecule has 88 valence electrons. The molecule has 0 saturated carbocycles. The monoisotopic (exact) mass is 237 g/mol. The van der Waals surface area contributed by atoms with Gasteiger partial charge >= 0.3 is 0 Å². The third-order valence-electron chi connectivity index (χ3n) is 3.15. The first-order valence-corrected chi connectivity index (χ1v) is 5.58. The van der Waals surface area contributed by atoms with E-state index in [1.54, 1.807) is 13.2 Å². The summed E-state index contributed by atoms with van der Waals surface area (Å²) in [5.41, 5.74) is 3.17. The van der Waals surface area contributed by atoms with Crippen LogP contribution in [0.2, 0.25) is 0 Å². The molecule has 3 rings (SSSR count). The van der Waals surface area contributed by atoms with Crippen LogP contribution in [0.3, 0.4) is 0 Å². The number of ether oxygens (including phenoxy) is 1. The topological polar surface area (TPSA) is 50.8 Å². The highest BCUT2D eigenvalue weighted by Gasteiger charge is 2.14. The van der Waals surface area contributed by atoms with Gasteiger partial charge in [-0.2, -0.15) is 5.26 Å². The number of aryl methyl sites for hydroxylation is 1. The van der Waals surface area contributed by atoms with Gasteiger partial charge in [0.05, 0.1) is 12.6 Å². The van der Waals surface area contributed by atoms with Gasteiger partial charge < -0.3 is 9.30 Å². The molecule has 0 fully saturated rings. The summed E-state index contributed by atoms with van der Waals surface area (Å²) < 4.78 is 7.41. The van der Waals surface area contributed by atoms with Crippen molar-refractivity contribution in [3.05, 3.63) is 36.0 Å². The van der Waals surface area contributed by atoms with Gasteiger partial charge in [-0.1, -0.05) is 18.2 Å². The third kappa shape index (κ3) is 1.28. The van der Waals surface area contributed by atoms with Crippen LogP contribution in [0.25, 0.3) is 21.9 Å². The van der Waals surface area contributed by atoms with Gasteiger partial charge in [-0.25, -0.2) is 4.98 Å². The lowest BCUT2D eigenvalue weighted by Gasteiger charge is -2.04. The summed E-state index contributed by atoms with van der Waals surface area (Å²) in [5.74, 6) is 0.676. The molecule has 0 aliphatic carbocycles. The molecule has 18 heavy (non-hydrogen) atoms. The minimum atomic E-state index is 0.371. The number of aromatic nitrogens is 2. The van der Waals surface area contributed by atoms with E-state index in [-0.39, 0.29) is 0 Å². The smallest absolute Gasteiger partial charge is 0.147 e. The maximum atomic E-state index is 9.02. The minimum Gasteiger partial charge on any atom is -0.494 e. The Bertz CT molecular complexity index is 796. The van der Waals surface area contributed by atoms with E-state index in [4.69, 9.17) is 10.00 Å². The van der Waals surface area contributed by atoms with Crippen molar-refractivity contribution < 1.29 is 4.74 Å². The fourth-order valence-electron chi connectivity index (χ4n) is 2.33. The van der Waals surface area contributed by atoms with E-state index in [0.717, 1.165) is 21.9 Å². The van der Waals surface area contributed by atoms with Crippen LogP contribution in [0.4, 0.5) is 0 Å². The van der Waals surface area contributed by atoms with Crippen LogP contribution < -0.4 is 4.74 Å². The molecule has 0 unspecified atom stereocenters. The molecule has 0 aliphatic rings. The molecular formula is C14H11N3O. The molecule has 0 saturated heterocycles. The highest BCUT2D eigenvalue weighted by molar-refractivity contribution is 6.07. The largest absolute Gasteiger partial charge is 0.494 e. The average molecular weight is 237 g/mol. The summed E-state index contributed by atoms with van der Waals surface area (Å²) >= 11 is 0. The molecule has 0 spiro atoms. The van der Waals surface area contributed by atoms with Crippen molar-refractivity contribution in [1.29, 1.82) is 5.26 Å². The first kappa shape index (κ1) is 10.6. The maximum absolute atomic E-state index is 9.02.